The molecule has 0 saturated heterocycles. The number of rotatable bonds is 4. The Hall–Kier alpha value is -3.46. The molecule has 0 saturated carbocycles. The Morgan fingerprint density at radius 1 is 1.25 bits per heavy atom. The van der Waals surface area contributed by atoms with Crippen molar-refractivity contribution in [3.8, 4) is 23.3 Å². The predicted octanol–water partition coefficient (Wildman–Crippen LogP) is 3.21. The molecule has 144 valence electrons. The summed E-state index contributed by atoms with van der Waals surface area (Å²) in [6, 6.07) is 4.70. The van der Waals surface area contributed by atoms with Gasteiger partial charge in [0.05, 0.1) is 11.6 Å². The number of nitrogens with zero attached hydrogens (tertiary/aromatic N) is 4. The van der Waals surface area contributed by atoms with E-state index in [2.05, 4.69) is 19.3 Å². The van der Waals surface area contributed by atoms with E-state index in [0.717, 1.165) is 12.1 Å². The molecule has 1 aromatic carbocycles. The van der Waals surface area contributed by atoms with E-state index >= 15 is 0 Å². The highest BCUT2D eigenvalue weighted by Crippen LogP contribution is 2.31. The Morgan fingerprint density at radius 2 is 2.04 bits per heavy atom. The summed E-state index contributed by atoms with van der Waals surface area (Å²) < 4.78 is 69.1. The summed E-state index contributed by atoms with van der Waals surface area (Å²) in [6.07, 6.45) is 7.41. The normalized spacial score (nSPS) is 14.3. The van der Waals surface area contributed by atoms with Crippen LogP contribution in [-0.2, 0) is 10.1 Å². The minimum Gasteiger partial charge on any atom is -0.376 e. The van der Waals surface area contributed by atoms with Gasteiger partial charge in [-0.3, -0.25) is 4.99 Å². The first-order valence-electron chi connectivity index (χ1n) is 7.49. The van der Waals surface area contributed by atoms with Gasteiger partial charge in [-0.05, 0) is 30.7 Å². The highest BCUT2D eigenvalue weighted by Gasteiger charge is 2.48. The quantitative estimate of drug-likeness (QED) is 0.561. The Labute approximate surface area is 156 Å². The average molecular weight is 410 g/mol. The maximum Gasteiger partial charge on any atom is 0.534 e. The third-order valence-corrected chi connectivity index (χ3v) is 4.29. The van der Waals surface area contributed by atoms with Crippen LogP contribution in [0.1, 0.15) is 17.8 Å². The number of hydrogen-bond acceptors (Lipinski definition) is 8. The minimum absolute atomic E-state index is 0.00139. The molecule has 0 N–H and O–H groups in total. The monoisotopic (exact) mass is 410 g/mol. The van der Waals surface area contributed by atoms with Crippen molar-refractivity contribution in [1.82, 2.24) is 10.1 Å². The Balaban J connectivity index is 1.97. The Kier molecular flexibility index (Phi) is 5.02. The molecule has 28 heavy (non-hydrogen) atoms. The molecule has 1 aliphatic heterocycles. The third-order valence-electron chi connectivity index (χ3n) is 3.31. The lowest BCUT2D eigenvalue weighted by Crippen LogP contribution is -2.28. The molecule has 1 aromatic heterocycles. The van der Waals surface area contributed by atoms with Gasteiger partial charge in [0.2, 0.25) is 5.82 Å². The first kappa shape index (κ1) is 19.3. The van der Waals surface area contributed by atoms with Gasteiger partial charge in [-0.15, -0.1) is 0 Å². The average Bonchev–Trinajstić information content (AvgIpc) is 2.96. The molecule has 0 fully saturated rings. The second kappa shape index (κ2) is 7.28. The first-order chi connectivity index (χ1) is 13.2. The van der Waals surface area contributed by atoms with Crippen molar-refractivity contribution >= 4 is 22.0 Å². The van der Waals surface area contributed by atoms with Gasteiger partial charge in [-0.25, -0.2) is 0 Å². The van der Waals surface area contributed by atoms with Crippen molar-refractivity contribution in [2.24, 2.45) is 4.99 Å². The number of aliphatic imine (C=N–C) groups is 1. The van der Waals surface area contributed by atoms with Crippen LogP contribution < -0.4 is 4.18 Å². The maximum absolute atomic E-state index is 12.5. The van der Waals surface area contributed by atoms with Crippen LogP contribution in [0.25, 0.3) is 17.2 Å². The van der Waals surface area contributed by atoms with Crippen LogP contribution in [0.3, 0.4) is 0 Å². The molecule has 2 aromatic rings. The number of aromatic nitrogens is 2. The Morgan fingerprint density at radius 3 is 2.75 bits per heavy atom. The lowest BCUT2D eigenvalue weighted by molar-refractivity contribution is -0.0500. The lowest BCUT2D eigenvalue weighted by atomic mass is 10.1. The van der Waals surface area contributed by atoms with Crippen molar-refractivity contribution < 1.29 is 30.3 Å². The van der Waals surface area contributed by atoms with E-state index in [1.807, 2.05) is 6.08 Å². The summed E-state index contributed by atoms with van der Waals surface area (Å²) in [5.74, 6) is -0.764. The number of halogens is 3. The molecule has 0 radical (unpaired) electrons. The number of allylic oxidation sites excluding steroid dienone is 3. The lowest BCUT2D eigenvalue weighted by Gasteiger charge is -2.10. The van der Waals surface area contributed by atoms with Crippen molar-refractivity contribution in [1.29, 1.82) is 5.26 Å². The van der Waals surface area contributed by atoms with E-state index in [9.17, 15) is 21.6 Å². The fraction of sp³-hybridized carbons (Fsp3) is 0.125. The van der Waals surface area contributed by atoms with Gasteiger partial charge in [-0.2, -0.15) is 31.8 Å². The zero-order valence-corrected chi connectivity index (χ0v) is 14.5. The van der Waals surface area contributed by atoms with E-state index in [0.29, 0.717) is 12.1 Å². The molecule has 8 nitrogen and oxygen atoms in total. The molecule has 12 heteroatoms. The summed E-state index contributed by atoms with van der Waals surface area (Å²) in [7, 11) is -5.90. The van der Waals surface area contributed by atoms with Gasteiger partial charge in [0, 0.05) is 11.8 Å². The van der Waals surface area contributed by atoms with E-state index in [1.165, 1.54) is 12.3 Å². The first-order valence-corrected chi connectivity index (χ1v) is 8.90. The summed E-state index contributed by atoms with van der Waals surface area (Å²) >= 11 is 0. The second-order valence-corrected chi connectivity index (χ2v) is 6.83. The zero-order valence-electron chi connectivity index (χ0n) is 13.7. The van der Waals surface area contributed by atoms with Gasteiger partial charge < -0.3 is 8.71 Å². The van der Waals surface area contributed by atoms with Crippen LogP contribution in [0.5, 0.6) is 5.75 Å². The zero-order chi connectivity index (χ0) is 20.4. The van der Waals surface area contributed by atoms with Crippen molar-refractivity contribution in [3.05, 3.63) is 47.8 Å². The standard InChI is InChI=1S/C16H9F3N4O4S/c17-16(18,19)28(24,25)27-12-7-10(9-20)6-11(8-12)15-22-14(23-26-15)13-4-2-1-3-5-21-13/h1,3-8H,2H2. The van der Waals surface area contributed by atoms with Gasteiger partial charge in [0.15, 0.2) is 0 Å². The third kappa shape index (κ3) is 4.09. The van der Waals surface area contributed by atoms with Crippen LogP contribution in [-0.4, -0.2) is 30.3 Å². The molecule has 3 rings (SSSR count). The molecule has 0 amide bonds. The number of nitriles is 1. The fourth-order valence-corrected chi connectivity index (χ4v) is 2.54. The summed E-state index contributed by atoms with van der Waals surface area (Å²) in [6.45, 7) is 0. The molecule has 0 atom stereocenters. The van der Waals surface area contributed by atoms with Crippen molar-refractivity contribution in [2.75, 3.05) is 0 Å². The van der Waals surface area contributed by atoms with Crippen molar-refractivity contribution in [3.63, 3.8) is 0 Å². The van der Waals surface area contributed by atoms with E-state index < -0.39 is 21.4 Å². The maximum atomic E-state index is 12.5. The van der Waals surface area contributed by atoms with Crippen LogP contribution in [0.2, 0.25) is 0 Å². The minimum atomic E-state index is -5.90. The number of alkyl halides is 3. The summed E-state index contributed by atoms with van der Waals surface area (Å²) in [4.78, 5) is 8.19. The van der Waals surface area contributed by atoms with Gasteiger partial charge in [0.1, 0.15) is 11.4 Å². The van der Waals surface area contributed by atoms with Crippen LogP contribution >= 0.6 is 0 Å². The largest absolute Gasteiger partial charge is 0.534 e. The van der Waals surface area contributed by atoms with Crippen LogP contribution in [0, 0.1) is 11.3 Å². The highest BCUT2D eigenvalue weighted by molar-refractivity contribution is 7.88. The van der Waals surface area contributed by atoms with E-state index in [4.69, 9.17) is 9.78 Å². The second-order valence-electron chi connectivity index (χ2n) is 5.30. The predicted molar refractivity (Wildman–Crippen MR) is 90.3 cm³/mol. The van der Waals surface area contributed by atoms with E-state index in [1.54, 1.807) is 18.2 Å². The summed E-state index contributed by atoms with van der Waals surface area (Å²) in [5, 5.41) is 12.8. The van der Waals surface area contributed by atoms with Crippen LogP contribution in [0.4, 0.5) is 13.2 Å². The molecular weight excluding hydrogens is 401 g/mol. The molecule has 0 aliphatic carbocycles. The van der Waals surface area contributed by atoms with Gasteiger partial charge >= 0.3 is 15.6 Å². The van der Waals surface area contributed by atoms with Crippen LogP contribution in [0.15, 0.2) is 45.9 Å². The SMILES string of the molecule is N#Cc1cc(OS(=O)(=O)C(F)(F)F)cc(-c2nc(C3=CCC=CC=N3)no2)c1. The molecule has 0 bridgehead atoms. The van der Waals surface area contributed by atoms with Gasteiger partial charge in [-0.1, -0.05) is 17.3 Å². The number of hydrogen-bond donors (Lipinski definition) is 0. The molecular formula is C16H9F3N4O4S. The molecule has 0 spiro atoms. The van der Waals surface area contributed by atoms with Gasteiger partial charge in [0.25, 0.3) is 5.89 Å². The topological polar surface area (TPSA) is 118 Å². The molecule has 1 aliphatic rings. The van der Waals surface area contributed by atoms with E-state index in [-0.39, 0.29) is 22.8 Å². The summed E-state index contributed by atoms with van der Waals surface area (Å²) in [5.41, 5.74) is -5.37. The van der Waals surface area contributed by atoms with Crippen molar-refractivity contribution in [2.45, 2.75) is 11.9 Å². The molecule has 2 heterocycles. The number of benzene rings is 1. The highest BCUT2D eigenvalue weighted by atomic mass is 32.2. The fourth-order valence-electron chi connectivity index (χ4n) is 2.10. The Bertz CT molecular complexity index is 1140. The molecule has 0 unspecified atom stereocenters. The smallest absolute Gasteiger partial charge is 0.376 e.